The molecule has 0 aliphatic heterocycles. The lowest BCUT2D eigenvalue weighted by Gasteiger charge is -2.07. The van der Waals surface area contributed by atoms with E-state index in [2.05, 4.69) is 13.2 Å². The topological polar surface area (TPSA) is 26.3 Å². The fourth-order valence-electron chi connectivity index (χ4n) is 1.06. The third kappa shape index (κ3) is 2.33. The van der Waals surface area contributed by atoms with Crippen LogP contribution in [-0.4, -0.2) is 5.97 Å². The first-order chi connectivity index (χ1) is 6.65. The predicted octanol–water partition coefficient (Wildman–Crippen LogP) is 2.81. The van der Waals surface area contributed by atoms with Crippen LogP contribution in [0, 0.1) is 0 Å². The van der Waals surface area contributed by atoms with Crippen LogP contribution in [0.1, 0.15) is 12.5 Å². The average molecular weight is 188 g/mol. The van der Waals surface area contributed by atoms with E-state index >= 15 is 0 Å². The largest absolute Gasteiger partial charge is 0.423 e. The van der Waals surface area contributed by atoms with Crippen LogP contribution in [0.2, 0.25) is 0 Å². The van der Waals surface area contributed by atoms with Gasteiger partial charge in [-0.1, -0.05) is 31.4 Å². The second-order valence-corrected chi connectivity index (χ2v) is 2.90. The van der Waals surface area contributed by atoms with Crippen LogP contribution in [0.5, 0.6) is 5.75 Å². The molecule has 0 atom stereocenters. The van der Waals surface area contributed by atoms with E-state index in [4.69, 9.17) is 4.74 Å². The zero-order valence-electron chi connectivity index (χ0n) is 8.12. The molecule has 1 aromatic rings. The molecule has 0 bridgehead atoms. The predicted molar refractivity (Wildman–Crippen MR) is 57.0 cm³/mol. The maximum absolute atomic E-state index is 11.0. The Hall–Kier alpha value is -1.83. The summed E-state index contributed by atoms with van der Waals surface area (Å²) in [7, 11) is 0. The quantitative estimate of drug-likeness (QED) is 0.414. The van der Waals surface area contributed by atoms with Crippen LogP contribution in [0.3, 0.4) is 0 Å². The van der Waals surface area contributed by atoms with Crippen molar-refractivity contribution in [3.05, 3.63) is 49.1 Å². The monoisotopic (exact) mass is 188 g/mol. The second kappa shape index (κ2) is 4.42. The number of carbonyl (C=O) groups excluding carboxylic acids is 1. The molecule has 0 saturated heterocycles. The van der Waals surface area contributed by atoms with Gasteiger partial charge < -0.3 is 4.74 Å². The van der Waals surface area contributed by atoms with Crippen molar-refractivity contribution in [2.45, 2.75) is 6.92 Å². The van der Waals surface area contributed by atoms with E-state index in [0.717, 1.165) is 17.2 Å². The summed E-state index contributed by atoms with van der Waals surface area (Å²) in [6, 6.07) is 7.26. The van der Waals surface area contributed by atoms with E-state index in [9.17, 15) is 4.79 Å². The highest BCUT2D eigenvalue weighted by Crippen LogP contribution is 2.24. The Balaban J connectivity index is 3.01. The SMILES string of the molecule is C=CC(=O)Oc1ccccc1C(=C)C. The number of rotatable bonds is 3. The highest BCUT2D eigenvalue weighted by molar-refractivity contribution is 5.84. The molecule has 0 N–H and O–H groups in total. The van der Waals surface area contributed by atoms with Gasteiger partial charge in [0.2, 0.25) is 0 Å². The van der Waals surface area contributed by atoms with Gasteiger partial charge in [-0.25, -0.2) is 4.79 Å². The van der Waals surface area contributed by atoms with E-state index in [1.165, 1.54) is 0 Å². The van der Waals surface area contributed by atoms with E-state index < -0.39 is 5.97 Å². The first-order valence-electron chi connectivity index (χ1n) is 4.24. The first-order valence-corrected chi connectivity index (χ1v) is 4.24. The molecule has 2 nitrogen and oxygen atoms in total. The summed E-state index contributed by atoms with van der Waals surface area (Å²) >= 11 is 0. The summed E-state index contributed by atoms with van der Waals surface area (Å²) < 4.78 is 5.04. The molecule has 0 unspecified atom stereocenters. The molecule has 72 valence electrons. The average Bonchev–Trinajstić information content (AvgIpc) is 2.18. The maximum atomic E-state index is 11.0. The molecule has 0 aromatic heterocycles. The number of hydrogen-bond acceptors (Lipinski definition) is 2. The van der Waals surface area contributed by atoms with Crippen molar-refractivity contribution in [2.75, 3.05) is 0 Å². The lowest BCUT2D eigenvalue weighted by atomic mass is 10.1. The number of para-hydroxylation sites is 1. The van der Waals surface area contributed by atoms with Gasteiger partial charge in [-0.15, -0.1) is 0 Å². The Labute approximate surface area is 83.5 Å². The number of benzene rings is 1. The zero-order chi connectivity index (χ0) is 10.6. The number of carbonyl (C=O) groups is 1. The normalized spacial score (nSPS) is 9.21. The van der Waals surface area contributed by atoms with E-state index in [1.807, 2.05) is 19.1 Å². The van der Waals surface area contributed by atoms with Crippen molar-refractivity contribution in [1.29, 1.82) is 0 Å². The van der Waals surface area contributed by atoms with E-state index in [1.54, 1.807) is 12.1 Å². The third-order valence-electron chi connectivity index (χ3n) is 1.72. The summed E-state index contributed by atoms with van der Waals surface area (Å²) in [5.74, 6) is 0.0589. The van der Waals surface area contributed by atoms with E-state index in [-0.39, 0.29) is 0 Å². The van der Waals surface area contributed by atoms with Crippen molar-refractivity contribution in [3.8, 4) is 5.75 Å². The molecule has 2 heteroatoms. The zero-order valence-corrected chi connectivity index (χ0v) is 8.12. The van der Waals surface area contributed by atoms with Crippen molar-refractivity contribution in [1.82, 2.24) is 0 Å². The fourth-order valence-corrected chi connectivity index (χ4v) is 1.06. The van der Waals surface area contributed by atoms with Gasteiger partial charge in [0.1, 0.15) is 5.75 Å². The Bertz CT molecular complexity index is 378. The Morgan fingerprint density at radius 1 is 1.43 bits per heavy atom. The summed E-state index contributed by atoms with van der Waals surface area (Å²) in [4.78, 5) is 11.0. The number of ether oxygens (including phenoxy) is 1. The summed E-state index contributed by atoms with van der Waals surface area (Å²) in [6.45, 7) is 9.00. The van der Waals surface area contributed by atoms with Crippen LogP contribution in [-0.2, 0) is 4.79 Å². The van der Waals surface area contributed by atoms with Crippen molar-refractivity contribution < 1.29 is 9.53 Å². The molecular weight excluding hydrogens is 176 g/mol. The van der Waals surface area contributed by atoms with E-state index in [0.29, 0.717) is 5.75 Å². The lowest BCUT2D eigenvalue weighted by molar-refractivity contribution is -0.128. The van der Waals surface area contributed by atoms with Gasteiger partial charge in [0.25, 0.3) is 0 Å². The third-order valence-corrected chi connectivity index (χ3v) is 1.72. The smallest absolute Gasteiger partial charge is 0.335 e. The van der Waals surface area contributed by atoms with Crippen molar-refractivity contribution in [3.63, 3.8) is 0 Å². The Morgan fingerprint density at radius 3 is 2.64 bits per heavy atom. The second-order valence-electron chi connectivity index (χ2n) is 2.90. The van der Waals surface area contributed by atoms with Crippen LogP contribution < -0.4 is 4.74 Å². The molecule has 1 aromatic carbocycles. The van der Waals surface area contributed by atoms with Crippen molar-refractivity contribution >= 4 is 11.5 Å². The molecule has 0 amide bonds. The fraction of sp³-hybridized carbons (Fsp3) is 0.0833. The van der Waals surface area contributed by atoms with Crippen molar-refractivity contribution in [2.24, 2.45) is 0 Å². The highest BCUT2D eigenvalue weighted by Gasteiger charge is 2.05. The standard InChI is InChI=1S/C12H12O2/c1-4-12(13)14-11-8-6-5-7-10(11)9(2)3/h4-8H,1-2H2,3H3. The van der Waals surface area contributed by atoms with Gasteiger partial charge >= 0.3 is 5.97 Å². The lowest BCUT2D eigenvalue weighted by Crippen LogP contribution is -2.04. The van der Waals surface area contributed by atoms with Gasteiger partial charge in [-0.3, -0.25) is 0 Å². The molecular formula is C12H12O2. The van der Waals surface area contributed by atoms with Gasteiger partial charge in [0.05, 0.1) is 0 Å². The Kier molecular flexibility index (Phi) is 3.24. The van der Waals surface area contributed by atoms with Crippen LogP contribution >= 0.6 is 0 Å². The minimum absolute atomic E-state index is 0.460. The minimum Gasteiger partial charge on any atom is -0.423 e. The van der Waals surface area contributed by atoms with Crippen LogP contribution in [0.4, 0.5) is 0 Å². The molecule has 0 saturated carbocycles. The molecule has 14 heavy (non-hydrogen) atoms. The summed E-state index contributed by atoms with van der Waals surface area (Å²) in [5, 5.41) is 0. The van der Waals surface area contributed by atoms with Gasteiger partial charge in [-0.2, -0.15) is 0 Å². The molecule has 0 aliphatic carbocycles. The van der Waals surface area contributed by atoms with Gasteiger partial charge in [0.15, 0.2) is 0 Å². The molecule has 0 spiro atoms. The molecule has 0 radical (unpaired) electrons. The van der Waals surface area contributed by atoms with Crippen LogP contribution in [0.25, 0.3) is 5.57 Å². The summed E-state index contributed by atoms with van der Waals surface area (Å²) in [6.07, 6.45) is 1.13. The molecule has 1 rings (SSSR count). The van der Waals surface area contributed by atoms with Gasteiger partial charge in [0, 0.05) is 11.6 Å². The summed E-state index contributed by atoms with van der Waals surface area (Å²) in [5.41, 5.74) is 1.69. The highest BCUT2D eigenvalue weighted by atomic mass is 16.5. The first kappa shape index (κ1) is 10.3. The minimum atomic E-state index is -0.460. The molecule has 0 fully saturated rings. The van der Waals surface area contributed by atoms with Crippen LogP contribution in [0.15, 0.2) is 43.5 Å². The molecule has 0 aliphatic rings. The van der Waals surface area contributed by atoms with Gasteiger partial charge in [-0.05, 0) is 18.6 Å². The Morgan fingerprint density at radius 2 is 2.07 bits per heavy atom. The number of hydrogen-bond donors (Lipinski definition) is 0. The molecule has 0 heterocycles. The number of allylic oxidation sites excluding steroid dienone is 1. The maximum Gasteiger partial charge on any atom is 0.335 e. The number of esters is 1.